The zero-order valence-corrected chi connectivity index (χ0v) is 9.12. The Morgan fingerprint density at radius 2 is 2.18 bits per heavy atom. The summed E-state index contributed by atoms with van der Waals surface area (Å²) < 4.78 is 41.8. The van der Waals surface area contributed by atoms with Gasteiger partial charge < -0.3 is 15.7 Å². The fourth-order valence-corrected chi connectivity index (χ4v) is 1.30. The van der Waals surface area contributed by atoms with Gasteiger partial charge in [-0.15, -0.1) is 0 Å². The summed E-state index contributed by atoms with van der Waals surface area (Å²) in [6, 6.07) is 0. The van der Waals surface area contributed by atoms with Gasteiger partial charge in [0.05, 0.1) is 5.69 Å². The minimum Gasteiger partial charge on any atom is -0.468 e. The lowest BCUT2D eigenvalue weighted by Gasteiger charge is -2.10. The van der Waals surface area contributed by atoms with Gasteiger partial charge in [0, 0.05) is 7.05 Å². The van der Waals surface area contributed by atoms with E-state index in [1.54, 1.807) is 0 Å². The number of aromatic nitrogens is 2. The molecular formula is C8H11F3N4O2. The van der Waals surface area contributed by atoms with Gasteiger partial charge in [-0.1, -0.05) is 5.16 Å². The third kappa shape index (κ3) is 3.02. The maximum atomic E-state index is 12.0. The number of nitrogens with zero attached hydrogens (tertiary/aromatic N) is 3. The van der Waals surface area contributed by atoms with E-state index in [4.69, 9.17) is 10.9 Å². The zero-order valence-electron chi connectivity index (χ0n) is 9.12. The number of halogens is 3. The normalized spacial score (nSPS) is 12.9. The van der Waals surface area contributed by atoms with Gasteiger partial charge in [-0.05, 0) is 6.92 Å². The third-order valence-corrected chi connectivity index (χ3v) is 1.91. The van der Waals surface area contributed by atoms with E-state index in [2.05, 4.69) is 15.0 Å². The number of amidine groups is 1. The minimum absolute atomic E-state index is 0.0410. The molecule has 0 atom stereocenters. The highest BCUT2D eigenvalue weighted by Gasteiger charge is 2.30. The van der Waals surface area contributed by atoms with Crippen LogP contribution < -0.4 is 10.5 Å². The minimum atomic E-state index is -4.47. The van der Waals surface area contributed by atoms with E-state index in [1.165, 1.54) is 14.0 Å². The lowest BCUT2D eigenvalue weighted by atomic mass is 10.2. The summed E-state index contributed by atoms with van der Waals surface area (Å²) in [5.74, 6) is -0.553. The van der Waals surface area contributed by atoms with Crippen molar-refractivity contribution in [3.05, 3.63) is 11.3 Å². The molecule has 1 rings (SSSR count). The number of oxime groups is 1. The second-order valence-corrected chi connectivity index (χ2v) is 3.28. The maximum absolute atomic E-state index is 12.0. The second-order valence-electron chi connectivity index (χ2n) is 3.28. The number of rotatable bonds is 3. The van der Waals surface area contributed by atoms with Crippen LogP contribution in [-0.4, -0.2) is 33.6 Å². The molecule has 0 saturated heterocycles. The molecule has 0 aliphatic heterocycles. The molecule has 0 fully saturated rings. The van der Waals surface area contributed by atoms with Gasteiger partial charge in [0.2, 0.25) is 5.88 Å². The third-order valence-electron chi connectivity index (χ3n) is 1.91. The predicted molar refractivity (Wildman–Crippen MR) is 52.0 cm³/mol. The highest BCUT2D eigenvalue weighted by atomic mass is 19.4. The molecule has 0 spiro atoms. The first-order valence-corrected chi connectivity index (χ1v) is 4.47. The summed E-state index contributed by atoms with van der Waals surface area (Å²) in [7, 11) is 1.40. The van der Waals surface area contributed by atoms with Crippen molar-refractivity contribution < 1.29 is 23.1 Å². The number of nitrogens with two attached hydrogens (primary N) is 1. The molecule has 1 aromatic heterocycles. The van der Waals surface area contributed by atoms with Crippen molar-refractivity contribution >= 4 is 5.84 Å². The summed E-state index contributed by atoms with van der Waals surface area (Å²) >= 11 is 0. The Morgan fingerprint density at radius 3 is 2.65 bits per heavy atom. The first-order valence-electron chi connectivity index (χ1n) is 4.47. The van der Waals surface area contributed by atoms with Crippen molar-refractivity contribution in [1.82, 2.24) is 9.78 Å². The van der Waals surface area contributed by atoms with Crippen molar-refractivity contribution in [2.24, 2.45) is 17.9 Å². The smallest absolute Gasteiger partial charge is 0.422 e. The summed E-state index contributed by atoms with van der Waals surface area (Å²) in [4.78, 5) is 0. The quantitative estimate of drug-likeness (QED) is 0.360. The average molecular weight is 252 g/mol. The molecule has 3 N–H and O–H groups in total. The lowest BCUT2D eigenvalue weighted by molar-refractivity contribution is -0.154. The van der Waals surface area contributed by atoms with Crippen molar-refractivity contribution in [3.8, 4) is 5.88 Å². The van der Waals surface area contributed by atoms with E-state index in [-0.39, 0.29) is 17.3 Å². The van der Waals surface area contributed by atoms with Crippen molar-refractivity contribution in [1.29, 1.82) is 0 Å². The largest absolute Gasteiger partial charge is 0.468 e. The van der Waals surface area contributed by atoms with E-state index >= 15 is 0 Å². The molecular weight excluding hydrogens is 241 g/mol. The number of alkyl halides is 3. The highest BCUT2D eigenvalue weighted by Crippen LogP contribution is 2.23. The summed E-state index contributed by atoms with van der Waals surface area (Å²) in [5, 5.41) is 15.1. The van der Waals surface area contributed by atoms with Crippen LogP contribution in [-0.2, 0) is 7.05 Å². The number of hydrogen-bond donors (Lipinski definition) is 2. The SMILES string of the molecule is Cc1nn(C)c(OCC(F)(F)F)c1C(N)=NO. The van der Waals surface area contributed by atoms with Gasteiger partial charge in [-0.25, -0.2) is 4.68 Å². The molecule has 0 aliphatic rings. The van der Waals surface area contributed by atoms with Crippen LogP contribution in [0.5, 0.6) is 5.88 Å². The van der Waals surface area contributed by atoms with Crippen LogP contribution >= 0.6 is 0 Å². The van der Waals surface area contributed by atoms with Crippen LogP contribution in [0.1, 0.15) is 11.3 Å². The number of hydrogen-bond acceptors (Lipinski definition) is 4. The first kappa shape index (κ1) is 13.1. The molecule has 0 saturated carbocycles. The van der Waals surface area contributed by atoms with E-state index in [0.717, 1.165) is 4.68 Å². The Balaban J connectivity index is 3.06. The molecule has 0 aliphatic carbocycles. The Labute approximate surface area is 94.5 Å². The van der Waals surface area contributed by atoms with Gasteiger partial charge in [0.15, 0.2) is 12.4 Å². The van der Waals surface area contributed by atoms with Gasteiger partial charge in [0.25, 0.3) is 0 Å². The first-order chi connectivity index (χ1) is 7.76. The van der Waals surface area contributed by atoms with Crippen molar-refractivity contribution in [2.75, 3.05) is 6.61 Å². The van der Waals surface area contributed by atoms with E-state index in [0.29, 0.717) is 5.69 Å². The topological polar surface area (TPSA) is 85.7 Å². The summed E-state index contributed by atoms with van der Waals surface area (Å²) in [6.45, 7) is 0.0332. The molecule has 0 unspecified atom stereocenters. The van der Waals surface area contributed by atoms with Crippen molar-refractivity contribution in [2.45, 2.75) is 13.1 Å². The summed E-state index contributed by atoms with van der Waals surface area (Å²) in [6.07, 6.45) is -4.47. The molecule has 9 heteroatoms. The van der Waals surface area contributed by atoms with E-state index in [1.807, 2.05) is 0 Å². The fourth-order valence-electron chi connectivity index (χ4n) is 1.30. The molecule has 0 radical (unpaired) electrons. The molecule has 17 heavy (non-hydrogen) atoms. The van der Waals surface area contributed by atoms with E-state index in [9.17, 15) is 13.2 Å². The van der Waals surface area contributed by atoms with Crippen LogP contribution in [0, 0.1) is 6.92 Å². The predicted octanol–water partition coefficient (Wildman–Crippen LogP) is 0.764. The molecule has 0 aromatic carbocycles. The molecule has 96 valence electrons. The highest BCUT2D eigenvalue weighted by molar-refractivity contribution is 6.00. The monoisotopic (exact) mass is 252 g/mol. The molecule has 0 bridgehead atoms. The van der Waals surface area contributed by atoms with Crippen molar-refractivity contribution in [3.63, 3.8) is 0 Å². The van der Waals surface area contributed by atoms with Crippen LogP contribution in [0.15, 0.2) is 5.16 Å². The van der Waals surface area contributed by atoms with Gasteiger partial charge in [-0.3, -0.25) is 0 Å². The van der Waals surface area contributed by atoms with Crippen LogP contribution in [0.4, 0.5) is 13.2 Å². The van der Waals surface area contributed by atoms with Crippen LogP contribution in [0.3, 0.4) is 0 Å². The van der Waals surface area contributed by atoms with E-state index < -0.39 is 12.8 Å². The molecule has 6 nitrogen and oxygen atoms in total. The standard InChI is InChI=1S/C8H11F3N4O2/c1-4-5(6(12)14-16)7(15(2)13-4)17-3-8(9,10)11/h16H,3H2,1-2H3,(H2,12,14). The molecule has 1 aromatic rings. The van der Waals surface area contributed by atoms with Gasteiger partial charge in [0.1, 0.15) is 5.56 Å². The Hall–Kier alpha value is -1.93. The Kier molecular flexibility index (Phi) is 3.49. The molecule has 1 heterocycles. The second kappa shape index (κ2) is 4.52. The maximum Gasteiger partial charge on any atom is 0.422 e. The lowest BCUT2D eigenvalue weighted by Crippen LogP contribution is -2.22. The average Bonchev–Trinajstić information content (AvgIpc) is 2.48. The molecule has 0 amide bonds. The number of ether oxygens (including phenoxy) is 1. The fraction of sp³-hybridized carbons (Fsp3) is 0.500. The Morgan fingerprint density at radius 1 is 1.59 bits per heavy atom. The van der Waals surface area contributed by atoms with Crippen LogP contribution in [0.2, 0.25) is 0 Å². The summed E-state index contributed by atoms with van der Waals surface area (Å²) in [5.41, 5.74) is 5.68. The Bertz CT molecular complexity index is 439. The zero-order chi connectivity index (χ0) is 13.2. The van der Waals surface area contributed by atoms with Crippen LogP contribution in [0.25, 0.3) is 0 Å². The number of aryl methyl sites for hydroxylation is 2. The van der Waals surface area contributed by atoms with Gasteiger partial charge in [-0.2, -0.15) is 18.3 Å². The van der Waals surface area contributed by atoms with Gasteiger partial charge >= 0.3 is 6.18 Å².